The molecule has 2 fully saturated rings. The Kier molecular flexibility index (Phi) is 4.76. The van der Waals surface area contributed by atoms with Gasteiger partial charge in [-0.15, -0.1) is 0 Å². The van der Waals surface area contributed by atoms with E-state index in [2.05, 4.69) is 27.2 Å². The number of hydrogen-bond donors (Lipinski definition) is 2. The van der Waals surface area contributed by atoms with E-state index in [1.54, 1.807) is 16.9 Å². The van der Waals surface area contributed by atoms with E-state index in [0.29, 0.717) is 23.9 Å². The number of amides is 2. The molecule has 2 aromatic rings. The minimum absolute atomic E-state index is 0.0617. The summed E-state index contributed by atoms with van der Waals surface area (Å²) in [5.41, 5.74) is 2.23. The molecule has 2 aromatic heterocycles. The SMILES string of the molecule is CCc1cc(C(=O)N2[C@@H]3CC[C@H]2CC(CNC(=O)c2ccc[nH]2)C3)nn1C. The first-order valence-corrected chi connectivity index (χ1v) is 9.84. The number of rotatable bonds is 5. The predicted molar refractivity (Wildman–Crippen MR) is 101 cm³/mol. The number of aromatic amines is 1. The Morgan fingerprint density at radius 3 is 2.63 bits per heavy atom. The molecule has 2 saturated heterocycles. The molecule has 2 aliphatic rings. The number of carbonyl (C=O) groups excluding carboxylic acids is 2. The van der Waals surface area contributed by atoms with Crippen molar-refractivity contribution in [1.29, 1.82) is 0 Å². The summed E-state index contributed by atoms with van der Waals surface area (Å²) in [6, 6.07) is 6.04. The highest BCUT2D eigenvalue weighted by Gasteiger charge is 2.44. The summed E-state index contributed by atoms with van der Waals surface area (Å²) in [4.78, 5) is 30.2. The largest absolute Gasteiger partial charge is 0.357 e. The number of fused-ring (bicyclic) bond motifs is 2. The van der Waals surface area contributed by atoms with E-state index in [9.17, 15) is 9.59 Å². The highest BCUT2D eigenvalue weighted by atomic mass is 16.2. The van der Waals surface area contributed by atoms with Crippen molar-refractivity contribution >= 4 is 11.8 Å². The van der Waals surface area contributed by atoms with Gasteiger partial charge in [0.25, 0.3) is 11.8 Å². The molecule has 27 heavy (non-hydrogen) atoms. The van der Waals surface area contributed by atoms with Crippen LogP contribution >= 0.6 is 0 Å². The molecule has 0 spiro atoms. The maximum absolute atomic E-state index is 13.0. The lowest BCUT2D eigenvalue weighted by Gasteiger charge is -2.38. The van der Waals surface area contributed by atoms with E-state index in [0.717, 1.165) is 37.8 Å². The fourth-order valence-electron chi connectivity index (χ4n) is 4.67. The zero-order valence-corrected chi connectivity index (χ0v) is 15.9. The molecule has 0 saturated carbocycles. The van der Waals surface area contributed by atoms with E-state index < -0.39 is 0 Å². The summed E-state index contributed by atoms with van der Waals surface area (Å²) >= 11 is 0. The Hall–Kier alpha value is -2.57. The molecule has 2 bridgehead atoms. The number of nitrogens with zero attached hydrogens (tertiary/aromatic N) is 3. The summed E-state index contributed by atoms with van der Waals surface area (Å²) in [5.74, 6) is 0.415. The van der Waals surface area contributed by atoms with Crippen LogP contribution in [0, 0.1) is 5.92 Å². The number of H-pyrrole nitrogens is 1. The molecule has 0 aromatic carbocycles. The second-order valence-corrected chi connectivity index (χ2v) is 7.73. The lowest BCUT2D eigenvalue weighted by atomic mass is 9.90. The molecular weight excluding hydrogens is 342 g/mol. The third kappa shape index (κ3) is 3.38. The van der Waals surface area contributed by atoms with Crippen molar-refractivity contribution in [2.24, 2.45) is 13.0 Å². The summed E-state index contributed by atoms with van der Waals surface area (Å²) in [7, 11) is 1.89. The van der Waals surface area contributed by atoms with Crippen LogP contribution < -0.4 is 5.32 Å². The summed E-state index contributed by atoms with van der Waals surface area (Å²) in [6.07, 6.45) is 6.60. The van der Waals surface area contributed by atoms with E-state index in [1.807, 2.05) is 19.2 Å². The summed E-state index contributed by atoms with van der Waals surface area (Å²) in [6.45, 7) is 2.73. The lowest BCUT2D eigenvalue weighted by molar-refractivity contribution is 0.0512. The molecule has 0 aliphatic carbocycles. The number of piperidine rings is 1. The number of aryl methyl sites for hydroxylation is 2. The minimum atomic E-state index is -0.0635. The second-order valence-electron chi connectivity index (χ2n) is 7.73. The Morgan fingerprint density at radius 2 is 2.04 bits per heavy atom. The molecule has 7 nitrogen and oxygen atoms in total. The Balaban J connectivity index is 1.38. The maximum atomic E-state index is 13.0. The Morgan fingerprint density at radius 1 is 1.30 bits per heavy atom. The van der Waals surface area contributed by atoms with Gasteiger partial charge in [-0.2, -0.15) is 5.10 Å². The normalized spacial score (nSPS) is 24.2. The van der Waals surface area contributed by atoms with Gasteiger partial charge in [-0.25, -0.2) is 0 Å². The van der Waals surface area contributed by atoms with E-state index in [4.69, 9.17) is 0 Å². The van der Waals surface area contributed by atoms with Crippen LogP contribution in [0.1, 0.15) is 59.3 Å². The van der Waals surface area contributed by atoms with Gasteiger partial charge in [-0.3, -0.25) is 14.3 Å². The summed E-state index contributed by atoms with van der Waals surface area (Å²) < 4.78 is 1.80. The van der Waals surface area contributed by atoms with Gasteiger partial charge in [0.05, 0.1) is 0 Å². The number of nitrogens with one attached hydrogen (secondary N) is 2. The first kappa shape index (κ1) is 17.8. The topological polar surface area (TPSA) is 83.0 Å². The quantitative estimate of drug-likeness (QED) is 0.847. The van der Waals surface area contributed by atoms with Gasteiger partial charge in [-0.05, 0) is 56.2 Å². The van der Waals surface area contributed by atoms with Crippen LogP contribution in [0.5, 0.6) is 0 Å². The Bertz CT molecular complexity index is 812. The number of aromatic nitrogens is 3. The van der Waals surface area contributed by atoms with Gasteiger partial charge in [0.2, 0.25) is 0 Å². The second kappa shape index (κ2) is 7.21. The first-order valence-electron chi connectivity index (χ1n) is 9.84. The summed E-state index contributed by atoms with van der Waals surface area (Å²) in [5, 5.41) is 7.45. The van der Waals surface area contributed by atoms with Crippen molar-refractivity contribution in [3.05, 3.63) is 41.5 Å². The van der Waals surface area contributed by atoms with Gasteiger partial charge in [0.1, 0.15) is 5.69 Å². The van der Waals surface area contributed by atoms with Crippen molar-refractivity contribution in [1.82, 2.24) is 25.0 Å². The molecule has 144 valence electrons. The van der Waals surface area contributed by atoms with Crippen LogP contribution in [0.4, 0.5) is 0 Å². The van der Waals surface area contributed by atoms with Gasteiger partial charge >= 0.3 is 0 Å². The fourth-order valence-corrected chi connectivity index (χ4v) is 4.67. The van der Waals surface area contributed by atoms with Gasteiger partial charge in [-0.1, -0.05) is 6.92 Å². The predicted octanol–water partition coefficient (Wildman–Crippen LogP) is 2.12. The van der Waals surface area contributed by atoms with Crippen LogP contribution in [0.15, 0.2) is 24.4 Å². The zero-order valence-electron chi connectivity index (χ0n) is 15.9. The number of hydrogen-bond acceptors (Lipinski definition) is 3. The van der Waals surface area contributed by atoms with Crippen molar-refractivity contribution in [2.45, 2.75) is 51.1 Å². The van der Waals surface area contributed by atoms with Crippen molar-refractivity contribution in [3.63, 3.8) is 0 Å². The molecule has 2 aliphatic heterocycles. The van der Waals surface area contributed by atoms with Crippen molar-refractivity contribution in [2.75, 3.05) is 6.54 Å². The lowest BCUT2D eigenvalue weighted by Crippen LogP contribution is -2.48. The van der Waals surface area contributed by atoms with E-state index in [-0.39, 0.29) is 23.9 Å². The van der Waals surface area contributed by atoms with E-state index in [1.165, 1.54) is 0 Å². The molecule has 1 unspecified atom stereocenters. The van der Waals surface area contributed by atoms with Gasteiger partial charge in [0.15, 0.2) is 5.69 Å². The van der Waals surface area contributed by atoms with Crippen molar-refractivity contribution in [3.8, 4) is 0 Å². The van der Waals surface area contributed by atoms with Crippen LogP contribution in [0.3, 0.4) is 0 Å². The van der Waals surface area contributed by atoms with Crippen LogP contribution in [0.2, 0.25) is 0 Å². The Labute approximate surface area is 159 Å². The molecule has 0 radical (unpaired) electrons. The van der Waals surface area contributed by atoms with Crippen LogP contribution in [-0.2, 0) is 13.5 Å². The van der Waals surface area contributed by atoms with E-state index >= 15 is 0 Å². The highest BCUT2D eigenvalue weighted by Crippen LogP contribution is 2.39. The monoisotopic (exact) mass is 369 g/mol. The third-order valence-electron chi connectivity index (χ3n) is 6.02. The van der Waals surface area contributed by atoms with Crippen LogP contribution in [0.25, 0.3) is 0 Å². The molecular formula is C20H27N5O2. The molecule has 7 heteroatoms. The van der Waals surface area contributed by atoms with Gasteiger partial charge < -0.3 is 15.2 Å². The molecule has 4 heterocycles. The first-order chi connectivity index (χ1) is 13.1. The van der Waals surface area contributed by atoms with Crippen LogP contribution in [-0.4, -0.2) is 50.1 Å². The fraction of sp³-hybridized carbons (Fsp3) is 0.550. The standard InChI is InChI=1S/C20H27N5O2/c1-3-14-11-18(23-24(14)2)20(27)25-15-6-7-16(25)10-13(9-15)12-22-19(26)17-5-4-8-21-17/h4-5,8,11,13,15-16,21H,3,6-7,9-10,12H2,1-2H3,(H,22,26)/t13?,15-,16+. The number of carbonyl (C=O) groups is 2. The molecule has 3 atom stereocenters. The van der Waals surface area contributed by atoms with Crippen molar-refractivity contribution < 1.29 is 9.59 Å². The molecule has 2 amide bonds. The van der Waals surface area contributed by atoms with Gasteiger partial charge in [0, 0.05) is 37.6 Å². The average Bonchev–Trinajstić information content (AvgIpc) is 3.38. The smallest absolute Gasteiger partial charge is 0.274 e. The maximum Gasteiger partial charge on any atom is 0.274 e. The molecule has 2 N–H and O–H groups in total. The average molecular weight is 369 g/mol. The zero-order chi connectivity index (χ0) is 19.0. The molecule has 4 rings (SSSR count). The third-order valence-corrected chi connectivity index (χ3v) is 6.02. The minimum Gasteiger partial charge on any atom is -0.357 e. The highest BCUT2D eigenvalue weighted by molar-refractivity contribution is 5.93.